The summed E-state index contributed by atoms with van der Waals surface area (Å²) in [5.41, 5.74) is 0.290. The lowest BCUT2D eigenvalue weighted by atomic mass is 10.0. The van der Waals surface area contributed by atoms with Gasteiger partial charge in [0.05, 0.1) is 10.6 Å². The zero-order valence-electron chi connectivity index (χ0n) is 22.4. The van der Waals surface area contributed by atoms with Crippen molar-refractivity contribution in [1.82, 2.24) is 15.0 Å². The van der Waals surface area contributed by atoms with Crippen molar-refractivity contribution in [3.05, 3.63) is 64.7 Å². The average molecular weight is 645 g/mol. The van der Waals surface area contributed by atoms with Crippen LogP contribution in [0.4, 0.5) is 23.0 Å². The summed E-state index contributed by atoms with van der Waals surface area (Å²) in [6, 6.07) is 9.19. The standard InChI is InChI=1S/C26H21ClN6O8S2/c1-11-5-4-6-16-19(43(39,40)41)10-18(23(34)20(11)16)32-33-22-12(2)7-14-8-15(42(36,37)38)9-17(21(14)24(22)35)30-26-29-13(3)28-25(27)31-26/h4-10,34-35H,1-3H3,(H,36,37,38)(H,39,40,41)(H,28,29,30,31). The van der Waals surface area contributed by atoms with E-state index in [0.717, 1.165) is 18.2 Å². The van der Waals surface area contributed by atoms with E-state index < -0.39 is 41.5 Å². The highest BCUT2D eigenvalue weighted by atomic mass is 35.5. The van der Waals surface area contributed by atoms with Crippen molar-refractivity contribution in [3.8, 4) is 11.5 Å². The quantitative estimate of drug-likeness (QED) is 0.109. The number of azo groups is 1. The van der Waals surface area contributed by atoms with Crippen LogP contribution in [0.2, 0.25) is 5.28 Å². The van der Waals surface area contributed by atoms with E-state index in [0.29, 0.717) is 5.56 Å². The molecule has 0 amide bonds. The zero-order chi connectivity index (χ0) is 31.4. The SMILES string of the molecule is Cc1nc(Cl)nc(Nc2cc(S(=O)(=O)O)cc3cc(C)c(N=Nc4cc(S(=O)(=O)O)c5cccc(C)c5c4O)c(O)c23)n1. The van der Waals surface area contributed by atoms with Gasteiger partial charge in [0.2, 0.25) is 11.2 Å². The highest BCUT2D eigenvalue weighted by molar-refractivity contribution is 7.86. The van der Waals surface area contributed by atoms with E-state index in [1.807, 2.05) is 0 Å². The number of fused-ring (bicyclic) bond motifs is 2. The minimum absolute atomic E-state index is 0.0262. The fraction of sp³-hybridized carbons (Fsp3) is 0.115. The molecule has 0 saturated heterocycles. The van der Waals surface area contributed by atoms with E-state index in [1.54, 1.807) is 26.0 Å². The van der Waals surface area contributed by atoms with Crippen LogP contribution in [0.3, 0.4) is 0 Å². The summed E-state index contributed by atoms with van der Waals surface area (Å²) in [5.74, 6) is -0.762. The van der Waals surface area contributed by atoms with E-state index in [2.05, 4.69) is 30.5 Å². The third-order valence-corrected chi connectivity index (χ3v) is 8.33. The molecule has 0 aliphatic heterocycles. The molecule has 0 aliphatic carbocycles. The van der Waals surface area contributed by atoms with Crippen LogP contribution >= 0.6 is 11.6 Å². The number of hydrogen-bond donors (Lipinski definition) is 5. The van der Waals surface area contributed by atoms with Crippen molar-refractivity contribution < 1.29 is 36.2 Å². The fourth-order valence-corrected chi connectivity index (χ4v) is 6.05. The maximum Gasteiger partial charge on any atom is 0.295 e. The van der Waals surface area contributed by atoms with Crippen molar-refractivity contribution in [2.45, 2.75) is 30.6 Å². The number of aromatic hydroxyl groups is 2. The second kappa shape index (κ2) is 10.7. The molecule has 0 bridgehead atoms. The summed E-state index contributed by atoms with van der Waals surface area (Å²) in [7, 11) is -9.43. The number of nitrogens with one attached hydrogen (secondary N) is 1. The summed E-state index contributed by atoms with van der Waals surface area (Å²) in [6.07, 6.45) is 0. The van der Waals surface area contributed by atoms with Crippen LogP contribution in [0.1, 0.15) is 17.0 Å². The second-order valence-corrected chi connectivity index (χ2v) is 12.6. The summed E-state index contributed by atoms with van der Waals surface area (Å²) >= 11 is 5.92. The van der Waals surface area contributed by atoms with Crippen LogP contribution in [-0.2, 0) is 20.2 Å². The number of phenols is 2. The van der Waals surface area contributed by atoms with Gasteiger partial charge in [-0.3, -0.25) is 9.11 Å². The first kappa shape index (κ1) is 30.0. The highest BCUT2D eigenvalue weighted by Gasteiger charge is 2.22. The molecular weight excluding hydrogens is 624 g/mol. The Bertz CT molecular complexity index is 2220. The first-order valence-corrected chi connectivity index (χ1v) is 15.4. The molecule has 0 saturated carbocycles. The molecule has 0 atom stereocenters. The van der Waals surface area contributed by atoms with Crippen molar-refractivity contribution in [3.63, 3.8) is 0 Å². The highest BCUT2D eigenvalue weighted by Crippen LogP contribution is 2.46. The number of aryl methyl sites for hydroxylation is 3. The van der Waals surface area contributed by atoms with Crippen LogP contribution < -0.4 is 5.32 Å². The van der Waals surface area contributed by atoms with Gasteiger partial charge >= 0.3 is 0 Å². The molecule has 0 unspecified atom stereocenters. The maximum atomic E-state index is 12.1. The normalized spacial score (nSPS) is 12.4. The van der Waals surface area contributed by atoms with Crippen molar-refractivity contribution in [1.29, 1.82) is 0 Å². The Morgan fingerprint density at radius 3 is 2.19 bits per heavy atom. The van der Waals surface area contributed by atoms with Gasteiger partial charge in [-0.2, -0.15) is 26.8 Å². The van der Waals surface area contributed by atoms with Gasteiger partial charge in [-0.05, 0) is 73.2 Å². The van der Waals surface area contributed by atoms with Gasteiger partial charge in [0.15, 0.2) is 11.5 Å². The van der Waals surface area contributed by atoms with Crippen LogP contribution in [0.25, 0.3) is 21.5 Å². The van der Waals surface area contributed by atoms with Crippen LogP contribution in [0.5, 0.6) is 11.5 Å². The number of benzene rings is 4. The molecule has 14 nitrogen and oxygen atoms in total. The van der Waals surface area contributed by atoms with Crippen molar-refractivity contribution >= 4 is 76.4 Å². The molecule has 0 spiro atoms. The van der Waals surface area contributed by atoms with Crippen LogP contribution in [-0.4, -0.2) is 51.1 Å². The minimum atomic E-state index is -4.74. The number of phenolic OH excluding ortho intramolecular Hbond substituents is 2. The molecule has 5 aromatic rings. The lowest BCUT2D eigenvalue weighted by molar-refractivity contribution is 0.478. The summed E-state index contributed by atoms with van der Waals surface area (Å²) < 4.78 is 67.9. The first-order chi connectivity index (χ1) is 20.0. The molecule has 1 heterocycles. The molecule has 5 rings (SSSR count). The molecular formula is C26H21ClN6O8S2. The second-order valence-electron chi connectivity index (χ2n) is 9.45. The minimum Gasteiger partial charge on any atom is -0.505 e. The van der Waals surface area contributed by atoms with Gasteiger partial charge in [-0.25, -0.2) is 4.98 Å². The number of aromatic nitrogens is 3. The molecule has 4 aromatic carbocycles. The monoisotopic (exact) mass is 644 g/mol. The molecule has 0 fully saturated rings. The lowest BCUT2D eigenvalue weighted by Crippen LogP contribution is -2.04. The van der Waals surface area contributed by atoms with Crippen molar-refractivity contribution in [2.24, 2.45) is 10.2 Å². The molecule has 0 radical (unpaired) electrons. The zero-order valence-corrected chi connectivity index (χ0v) is 24.8. The lowest BCUT2D eigenvalue weighted by Gasteiger charge is -2.15. The van der Waals surface area contributed by atoms with Gasteiger partial charge in [-0.1, -0.05) is 18.2 Å². The Balaban J connectivity index is 1.74. The number of rotatable bonds is 6. The van der Waals surface area contributed by atoms with Gasteiger partial charge in [0.25, 0.3) is 20.2 Å². The predicted octanol–water partition coefficient (Wildman–Crippen LogP) is 5.82. The predicted molar refractivity (Wildman–Crippen MR) is 157 cm³/mol. The Morgan fingerprint density at radius 1 is 0.814 bits per heavy atom. The smallest absolute Gasteiger partial charge is 0.295 e. The van der Waals surface area contributed by atoms with E-state index in [4.69, 9.17) is 11.6 Å². The Hall–Kier alpha value is -4.48. The fourth-order valence-electron chi connectivity index (χ4n) is 4.60. The molecule has 17 heteroatoms. The molecule has 222 valence electrons. The third-order valence-electron chi connectivity index (χ3n) is 6.43. The number of halogens is 1. The molecule has 5 N–H and O–H groups in total. The molecule has 1 aromatic heterocycles. The summed E-state index contributed by atoms with van der Waals surface area (Å²) in [5, 5.41) is 33.4. The van der Waals surface area contributed by atoms with Gasteiger partial charge in [-0.15, -0.1) is 10.2 Å². The largest absolute Gasteiger partial charge is 0.505 e. The van der Waals surface area contributed by atoms with Crippen molar-refractivity contribution in [2.75, 3.05) is 5.32 Å². The molecule has 43 heavy (non-hydrogen) atoms. The Labute approximate surface area is 249 Å². The topological polar surface area (TPSA) is 225 Å². The average Bonchev–Trinajstić information content (AvgIpc) is 2.87. The van der Waals surface area contributed by atoms with Gasteiger partial charge in [0, 0.05) is 16.2 Å². The number of nitrogens with zero attached hydrogens (tertiary/aromatic N) is 5. The van der Waals surface area contributed by atoms with Crippen LogP contribution in [0, 0.1) is 20.8 Å². The third kappa shape index (κ3) is 5.78. The number of hydrogen-bond acceptors (Lipinski definition) is 12. The van der Waals surface area contributed by atoms with E-state index in [9.17, 15) is 36.2 Å². The maximum absolute atomic E-state index is 12.1. The van der Waals surface area contributed by atoms with E-state index in [-0.39, 0.29) is 61.2 Å². The van der Waals surface area contributed by atoms with E-state index >= 15 is 0 Å². The summed E-state index contributed by atoms with van der Waals surface area (Å²) in [6.45, 7) is 4.71. The van der Waals surface area contributed by atoms with Crippen LogP contribution in [0.15, 0.2) is 62.5 Å². The summed E-state index contributed by atoms with van der Waals surface area (Å²) in [4.78, 5) is 10.9. The number of anilines is 2. The van der Waals surface area contributed by atoms with E-state index in [1.165, 1.54) is 19.1 Å². The Kier molecular flexibility index (Phi) is 7.43. The first-order valence-electron chi connectivity index (χ1n) is 12.1. The molecule has 0 aliphatic rings. The van der Waals surface area contributed by atoms with Gasteiger partial charge in [0.1, 0.15) is 22.1 Å². The Morgan fingerprint density at radius 2 is 1.53 bits per heavy atom. The van der Waals surface area contributed by atoms with Gasteiger partial charge < -0.3 is 15.5 Å².